The summed E-state index contributed by atoms with van der Waals surface area (Å²) in [5.74, 6) is -0.0309. The second kappa shape index (κ2) is 7.99. The fourth-order valence-electron chi connectivity index (χ4n) is 2.74. The van der Waals surface area contributed by atoms with Crippen LogP contribution in [-0.2, 0) is 4.79 Å². The molecule has 0 aromatic heterocycles. The van der Waals surface area contributed by atoms with Gasteiger partial charge in [-0.3, -0.25) is 4.79 Å². The molecule has 1 aliphatic heterocycles. The molecule has 7 heteroatoms. The molecular formula is C17H23FN2O4. The van der Waals surface area contributed by atoms with Crippen LogP contribution < -0.4 is 10.1 Å². The number of nitrogens with zero attached hydrogens (tertiary/aromatic N) is 1. The Morgan fingerprint density at radius 1 is 1.25 bits per heavy atom. The van der Waals surface area contributed by atoms with Crippen molar-refractivity contribution in [1.29, 1.82) is 0 Å². The first-order valence-electron chi connectivity index (χ1n) is 8.07. The van der Waals surface area contributed by atoms with Crippen LogP contribution in [0.2, 0.25) is 0 Å². The molecule has 1 saturated heterocycles. The number of carbonyl (C=O) groups excluding carboxylic acids is 1. The molecule has 1 fully saturated rings. The number of ether oxygens (including phenoxy) is 1. The van der Waals surface area contributed by atoms with E-state index in [0.29, 0.717) is 31.7 Å². The highest BCUT2D eigenvalue weighted by atomic mass is 19.1. The van der Waals surface area contributed by atoms with Gasteiger partial charge >= 0.3 is 6.09 Å². The van der Waals surface area contributed by atoms with Crippen molar-refractivity contribution >= 4 is 12.0 Å². The summed E-state index contributed by atoms with van der Waals surface area (Å²) >= 11 is 0. The van der Waals surface area contributed by atoms with Gasteiger partial charge in [0.05, 0.1) is 0 Å². The number of amides is 2. The third-order valence-corrected chi connectivity index (χ3v) is 4.08. The van der Waals surface area contributed by atoms with E-state index in [1.54, 1.807) is 17.0 Å². The van der Waals surface area contributed by atoms with E-state index in [2.05, 4.69) is 5.32 Å². The van der Waals surface area contributed by atoms with E-state index >= 15 is 0 Å². The normalized spacial score (nSPS) is 16.8. The zero-order valence-electron chi connectivity index (χ0n) is 13.9. The molecule has 0 saturated carbocycles. The second-order valence-electron chi connectivity index (χ2n) is 6.27. The van der Waals surface area contributed by atoms with E-state index in [1.165, 1.54) is 12.1 Å². The van der Waals surface area contributed by atoms with E-state index < -0.39 is 12.1 Å². The fourth-order valence-corrected chi connectivity index (χ4v) is 2.74. The molecule has 0 radical (unpaired) electrons. The third kappa shape index (κ3) is 4.84. The quantitative estimate of drug-likeness (QED) is 0.864. The Labute approximate surface area is 140 Å². The molecule has 0 unspecified atom stereocenters. The molecule has 1 aromatic rings. The highest BCUT2D eigenvalue weighted by molar-refractivity contribution is 5.85. The number of likely N-dealkylation sites (tertiary alicyclic amines) is 1. The maximum atomic E-state index is 12.9. The van der Waals surface area contributed by atoms with Crippen LogP contribution in [0.1, 0.15) is 26.7 Å². The Morgan fingerprint density at radius 3 is 2.33 bits per heavy atom. The molecule has 1 atom stereocenters. The molecule has 0 aliphatic carbocycles. The van der Waals surface area contributed by atoms with Crippen LogP contribution in [0.4, 0.5) is 9.18 Å². The molecule has 1 aliphatic rings. The number of rotatable bonds is 5. The number of benzene rings is 1. The highest BCUT2D eigenvalue weighted by Gasteiger charge is 2.31. The SMILES string of the molecule is CC(C)[C@@H](NC(=O)O)C(=O)N1CCC(Oc2ccc(F)cc2)CC1. The van der Waals surface area contributed by atoms with Gasteiger partial charge < -0.3 is 20.1 Å². The minimum atomic E-state index is -1.20. The number of carbonyl (C=O) groups is 2. The van der Waals surface area contributed by atoms with E-state index in [-0.39, 0.29) is 23.7 Å². The topological polar surface area (TPSA) is 78.9 Å². The lowest BCUT2D eigenvalue weighted by Gasteiger charge is -2.35. The van der Waals surface area contributed by atoms with Crippen LogP contribution in [0.5, 0.6) is 5.75 Å². The predicted molar refractivity (Wildman–Crippen MR) is 86.4 cm³/mol. The lowest BCUT2D eigenvalue weighted by atomic mass is 10.0. The molecule has 2 amide bonds. The van der Waals surface area contributed by atoms with Gasteiger partial charge in [0.15, 0.2) is 0 Å². The summed E-state index contributed by atoms with van der Waals surface area (Å²) in [4.78, 5) is 25.0. The van der Waals surface area contributed by atoms with Crippen LogP contribution in [0, 0.1) is 11.7 Å². The molecule has 2 rings (SSSR count). The van der Waals surface area contributed by atoms with E-state index in [4.69, 9.17) is 9.84 Å². The van der Waals surface area contributed by atoms with Crippen molar-refractivity contribution in [3.05, 3.63) is 30.1 Å². The Bertz CT molecular complexity index is 568. The van der Waals surface area contributed by atoms with Gasteiger partial charge in [0.2, 0.25) is 5.91 Å². The number of nitrogens with one attached hydrogen (secondary N) is 1. The van der Waals surface area contributed by atoms with Gasteiger partial charge in [0, 0.05) is 25.9 Å². The molecule has 24 heavy (non-hydrogen) atoms. The molecule has 132 valence electrons. The summed E-state index contributed by atoms with van der Waals surface area (Å²) in [5.41, 5.74) is 0. The summed E-state index contributed by atoms with van der Waals surface area (Å²) in [6.45, 7) is 4.64. The third-order valence-electron chi connectivity index (χ3n) is 4.08. The average molecular weight is 338 g/mol. The van der Waals surface area contributed by atoms with Crippen molar-refractivity contribution in [2.24, 2.45) is 5.92 Å². The van der Waals surface area contributed by atoms with Crippen molar-refractivity contribution in [2.45, 2.75) is 38.8 Å². The maximum Gasteiger partial charge on any atom is 0.405 e. The molecule has 0 spiro atoms. The maximum absolute atomic E-state index is 12.9. The molecular weight excluding hydrogens is 315 g/mol. The van der Waals surface area contributed by atoms with Gasteiger partial charge in [-0.1, -0.05) is 13.8 Å². The van der Waals surface area contributed by atoms with Crippen molar-refractivity contribution in [2.75, 3.05) is 13.1 Å². The summed E-state index contributed by atoms with van der Waals surface area (Å²) < 4.78 is 18.7. The van der Waals surface area contributed by atoms with Crippen LogP contribution in [0.15, 0.2) is 24.3 Å². The minimum absolute atomic E-state index is 0.0376. The van der Waals surface area contributed by atoms with Crippen LogP contribution in [0.25, 0.3) is 0 Å². The van der Waals surface area contributed by atoms with Crippen LogP contribution in [-0.4, -0.2) is 47.2 Å². The van der Waals surface area contributed by atoms with Gasteiger partial charge in [-0.2, -0.15) is 0 Å². The van der Waals surface area contributed by atoms with Crippen molar-refractivity contribution in [3.63, 3.8) is 0 Å². The molecule has 0 bridgehead atoms. The minimum Gasteiger partial charge on any atom is -0.490 e. The monoisotopic (exact) mass is 338 g/mol. The number of carboxylic acid groups (broad SMARTS) is 1. The van der Waals surface area contributed by atoms with Gasteiger partial charge in [0.1, 0.15) is 23.7 Å². The smallest absolute Gasteiger partial charge is 0.405 e. The predicted octanol–water partition coefficient (Wildman–Crippen LogP) is 2.49. The number of hydrogen-bond donors (Lipinski definition) is 2. The Kier molecular flexibility index (Phi) is 6.00. The van der Waals surface area contributed by atoms with Gasteiger partial charge in [0.25, 0.3) is 0 Å². The first-order valence-corrected chi connectivity index (χ1v) is 8.07. The van der Waals surface area contributed by atoms with Crippen LogP contribution >= 0.6 is 0 Å². The van der Waals surface area contributed by atoms with Gasteiger partial charge in [-0.15, -0.1) is 0 Å². The van der Waals surface area contributed by atoms with Crippen molar-refractivity contribution in [1.82, 2.24) is 10.2 Å². The highest BCUT2D eigenvalue weighted by Crippen LogP contribution is 2.20. The average Bonchev–Trinajstić information content (AvgIpc) is 2.54. The Morgan fingerprint density at radius 2 is 1.83 bits per heavy atom. The fraction of sp³-hybridized carbons (Fsp3) is 0.529. The largest absolute Gasteiger partial charge is 0.490 e. The molecule has 1 aromatic carbocycles. The number of hydrogen-bond acceptors (Lipinski definition) is 3. The lowest BCUT2D eigenvalue weighted by Crippen LogP contribution is -2.53. The summed E-state index contributed by atoms with van der Waals surface area (Å²) in [6, 6.07) is 5.12. The summed E-state index contributed by atoms with van der Waals surface area (Å²) in [7, 11) is 0. The Balaban J connectivity index is 1.87. The van der Waals surface area contributed by atoms with Crippen LogP contribution in [0.3, 0.4) is 0 Å². The standard InChI is InChI=1S/C17H23FN2O4/c1-11(2)15(19-17(22)23)16(21)20-9-7-14(8-10-20)24-13-5-3-12(18)4-6-13/h3-6,11,14-15,19H,7-10H2,1-2H3,(H,22,23)/t15-/m1/s1. The first-order chi connectivity index (χ1) is 11.4. The van der Waals surface area contributed by atoms with Gasteiger partial charge in [-0.25, -0.2) is 9.18 Å². The second-order valence-corrected chi connectivity index (χ2v) is 6.27. The zero-order valence-corrected chi connectivity index (χ0v) is 13.9. The molecule has 6 nitrogen and oxygen atoms in total. The van der Waals surface area contributed by atoms with Crippen molar-refractivity contribution in [3.8, 4) is 5.75 Å². The lowest BCUT2D eigenvalue weighted by molar-refractivity contribution is -0.136. The first kappa shape index (κ1) is 18.0. The summed E-state index contributed by atoms with van der Waals surface area (Å²) in [6.07, 6.45) is 0.0724. The van der Waals surface area contributed by atoms with Gasteiger partial charge in [-0.05, 0) is 30.2 Å². The number of halogens is 1. The molecule has 2 N–H and O–H groups in total. The van der Waals surface area contributed by atoms with E-state index in [0.717, 1.165) is 0 Å². The van der Waals surface area contributed by atoms with E-state index in [9.17, 15) is 14.0 Å². The zero-order chi connectivity index (χ0) is 17.7. The summed E-state index contributed by atoms with van der Waals surface area (Å²) in [5, 5.41) is 11.2. The van der Waals surface area contributed by atoms with E-state index in [1.807, 2.05) is 13.8 Å². The van der Waals surface area contributed by atoms with Crippen molar-refractivity contribution < 1.29 is 23.8 Å². The Hall–Kier alpha value is -2.31. The number of piperidine rings is 1. The molecule has 1 heterocycles.